The third-order valence-corrected chi connectivity index (χ3v) is 7.26. The summed E-state index contributed by atoms with van der Waals surface area (Å²) in [6.45, 7) is 13.7. The number of aromatic nitrogens is 3. The SMILES string of the molecule is CCC(NC(=O)CCCNC(=O)OCC1[C@H]2CCc3c(nnn3C(C)(C)C)CC[C@@H]12)C(C)C. The molecule has 8 nitrogen and oxygen atoms in total. The fourth-order valence-corrected chi connectivity index (χ4v) is 5.23. The quantitative estimate of drug-likeness (QED) is 0.545. The summed E-state index contributed by atoms with van der Waals surface area (Å²) in [5.41, 5.74) is 2.35. The lowest BCUT2D eigenvalue weighted by Gasteiger charge is -2.22. The molecular weight excluding hydrogens is 418 g/mol. The fourth-order valence-electron chi connectivity index (χ4n) is 5.23. The van der Waals surface area contributed by atoms with E-state index in [1.807, 2.05) is 0 Å². The van der Waals surface area contributed by atoms with Crippen LogP contribution in [0.2, 0.25) is 0 Å². The molecule has 0 spiro atoms. The first-order chi connectivity index (χ1) is 15.6. The predicted molar refractivity (Wildman–Crippen MR) is 128 cm³/mol. The smallest absolute Gasteiger partial charge is 0.407 e. The second-order valence-corrected chi connectivity index (χ2v) is 11.1. The van der Waals surface area contributed by atoms with E-state index in [1.165, 1.54) is 5.69 Å². The molecule has 8 heteroatoms. The Morgan fingerprint density at radius 2 is 1.88 bits per heavy atom. The van der Waals surface area contributed by atoms with E-state index >= 15 is 0 Å². The third kappa shape index (κ3) is 6.70. The monoisotopic (exact) mass is 461 g/mol. The highest BCUT2D eigenvalue weighted by atomic mass is 16.5. The second-order valence-electron chi connectivity index (χ2n) is 11.1. The second kappa shape index (κ2) is 10.9. The Kier molecular flexibility index (Phi) is 8.40. The molecule has 1 heterocycles. The molecule has 0 aromatic carbocycles. The number of aryl methyl sites for hydroxylation is 1. The van der Waals surface area contributed by atoms with Gasteiger partial charge in [0.05, 0.1) is 23.5 Å². The average Bonchev–Trinajstić information content (AvgIpc) is 3.21. The molecule has 1 fully saturated rings. The van der Waals surface area contributed by atoms with Crippen molar-refractivity contribution in [1.82, 2.24) is 25.6 Å². The third-order valence-electron chi connectivity index (χ3n) is 7.26. The first kappa shape index (κ1) is 25.5. The summed E-state index contributed by atoms with van der Waals surface area (Å²) in [6.07, 6.45) is 5.69. The summed E-state index contributed by atoms with van der Waals surface area (Å²) < 4.78 is 7.59. The van der Waals surface area contributed by atoms with Gasteiger partial charge in [0.25, 0.3) is 0 Å². The van der Waals surface area contributed by atoms with E-state index < -0.39 is 0 Å². The van der Waals surface area contributed by atoms with E-state index in [0.717, 1.165) is 37.8 Å². The van der Waals surface area contributed by atoms with Crippen molar-refractivity contribution in [1.29, 1.82) is 0 Å². The van der Waals surface area contributed by atoms with Crippen LogP contribution in [0.15, 0.2) is 0 Å². The lowest BCUT2D eigenvalue weighted by Crippen LogP contribution is -2.38. The molecule has 33 heavy (non-hydrogen) atoms. The highest BCUT2D eigenvalue weighted by Crippen LogP contribution is 2.53. The number of hydrogen-bond acceptors (Lipinski definition) is 5. The van der Waals surface area contributed by atoms with Crippen LogP contribution in [0.3, 0.4) is 0 Å². The van der Waals surface area contributed by atoms with Crippen LogP contribution in [-0.4, -0.2) is 46.2 Å². The van der Waals surface area contributed by atoms with Gasteiger partial charge in [-0.3, -0.25) is 4.79 Å². The number of hydrogen-bond donors (Lipinski definition) is 2. The van der Waals surface area contributed by atoms with Crippen LogP contribution >= 0.6 is 0 Å². The van der Waals surface area contributed by atoms with Gasteiger partial charge in [0.2, 0.25) is 5.91 Å². The minimum absolute atomic E-state index is 0.0463. The van der Waals surface area contributed by atoms with Gasteiger partial charge in [-0.2, -0.15) is 0 Å². The molecule has 2 aliphatic carbocycles. The maximum Gasteiger partial charge on any atom is 0.407 e. The maximum atomic E-state index is 12.1. The number of fused-ring (bicyclic) bond motifs is 2. The zero-order chi connectivity index (χ0) is 24.2. The first-order valence-corrected chi connectivity index (χ1v) is 12.8. The van der Waals surface area contributed by atoms with Crippen molar-refractivity contribution in [2.45, 2.75) is 98.1 Å². The van der Waals surface area contributed by atoms with Crippen molar-refractivity contribution in [3.8, 4) is 0 Å². The molecule has 186 valence electrons. The Balaban J connectivity index is 1.34. The maximum absolute atomic E-state index is 12.1. The number of alkyl carbamates (subject to hydrolysis) is 1. The van der Waals surface area contributed by atoms with Crippen molar-refractivity contribution in [3.05, 3.63) is 11.4 Å². The van der Waals surface area contributed by atoms with Crippen LogP contribution in [0, 0.1) is 23.7 Å². The van der Waals surface area contributed by atoms with Gasteiger partial charge in [-0.15, -0.1) is 5.10 Å². The molecule has 2 unspecified atom stereocenters. The number of carbonyl (C=O) groups is 2. The van der Waals surface area contributed by atoms with Crippen molar-refractivity contribution < 1.29 is 14.3 Å². The van der Waals surface area contributed by atoms with Crippen LogP contribution in [-0.2, 0) is 27.9 Å². The highest BCUT2D eigenvalue weighted by Gasteiger charge is 2.50. The van der Waals surface area contributed by atoms with E-state index in [4.69, 9.17) is 4.74 Å². The number of amides is 2. The van der Waals surface area contributed by atoms with Gasteiger partial charge in [0.1, 0.15) is 0 Å². The molecule has 2 amide bonds. The Morgan fingerprint density at radius 1 is 1.18 bits per heavy atom. The van der Waals surface area contributed by atoms with Crippen LogP contribution in [0.5, 0.6) is 0 Å². The van der Waals surface area contributed by atoms with Gasteiger partial charge in [-0.1, -0.05) is 26.0 Å². The first-order valence-electron chi connectivity index (χ1n) is 12.8. The van der Waals surface area contributed by atoms with Crippen molar-refractivity contribution in [3.63, 3.8) is 0 Å². The van der Waals surface area contributed by atoms with Gasteiger partial charge >= 0.3 is 6.09 Å². The van der Waals surface area contributed by atoms with Crippen LogP contribution < -0.4 is 10.6 Å². The zero-order valence-corrected chi connectivity index (χ0v) is 21.3. The standard InChI is InChI=1S/C25H43N5O3/c1-7-20(16(2)3)27-23(31)9-8-14-26-24(32)33-15-19-17-10-12-21-22(13-11-18(17)19)30(29-28-21)25(4,5)6/h16-20H,7-15H2,1-6H3,(H,26,32)(H,27,31)/t17-,18+,19?,20?/m1/s1. The minimum atomic E-state index is -0.378. The van der Waals surface area contributed by atoms with Gasteiger partial charge in [0.15, 0.2) is 0 Å². The van der Waals surface area contributed by atoms with E-state index in [-0.39, 0.29) is 23.6 Å². The summed E-state index contributed by atoms with van der Waals surface area (Å²) in [5.74, 6) is 2.14. The lowest BCUT2D eigenvalue weighted by atomic mass is 10.00. The molecule has 1 saturated carbocycles. The summed E-state index contributed by atoms with van der Waals surface area (Å²) >= 11 is 0. The zero-order valence-electron chi connectivity index (χ0n) is 21.3. The molecule has 2 N–H and O–H groups in total. The minimum Gasteiger partial charge on any atom is -0.449 e. The van der Waals surface area contributed by atoms with Crippen molar-refractivity contribution >= 4 is 12.0 Å². The van der Waals surface area contributed by atoms with Crippen LogP contribution in [0.25, 0.3) is 0 Å². The molecule has 0 radical (unpaired) electrons. The summed E-state index contributed by atoms with van der Waals surface area (Å²) in [7, 11) is 0. The van der Waals surface area contributed by atoms with E-state index in [9.17, 15) is 9.59 Å². The molecule has 0 saturated heterocycles. The van der Waals surface area contributed by atoms with Gasteiger partial charge < -0.3 is 15.4 Å². The number of carbonyl (C=O) groups excluding carboxylic acids is 2. The molecule has 4 atom stereocenters. The molecule has 2 aliphatic rings. The van der Waals surface area contributed by atoms with E-state index in [1.54, 1.807) is 0 Å². The Hall–Kier alpha value is -2.12. The summed E-state index contributed by atoms with van der Waals surface area (Å²) in [5, 5.41) is 14.7. The van der Waals surface area contributed by atoms with Gasteiger partial charge in [-0.05, 0) is 83.0 Å². The number of nitrogens with one attached hydrogen (secondary N) is 2. The summed E-state index contributed by atoms with van der Waals surface area (Å²) in [4.78, 5) is 24.2. The summed E-state index contributed by atoms with van der Waals surface area (Å²) in [6, 6.07) is 0.210. The number of ether oxygens (including phenoxy) is 1. The van der Waals surface area contributed by atoms with Crippen molar-refractivity contribution in [2.24, 2.45) is 23.7 Å². The highest BCUT2D eigenvalue weighted by molar-refractivity contribution is 5.76. The van der Waals surface area contributed by atoms with Gasteiger partial charge in [-0.25, -0.2) is 9.48 Å². The Labute approximate surface area is 198 Å². The van der Waals surface area contributed by atoms with Crippen LogP contribution in [0.4, 0.5) is 4.79 Å². The topological polar surface area (TPSA) is 98.1 Å². The molecule has 0 bridgehead atoms. The van der Waals surface area contributed by atoms with Gasteiger partial charge in [0, 0.05) is 19.0 Å². The number of nitrogens with zero attached hydrogens (tertiary/aromatic N) is 3. The predicted octanol–water partition coefficient (Wildman–Crippen LogP) is 3.83. The van der Waals surface area contributed by atoms with E-state index in [0.29, 0.717) is 49.7 Å². The number of rotatable bonds is 9. The van der Waals surface area contributed by atoms with Crippen molar-refractivity contribution in [2.75, 3.05) is 13.2 Å². The molecule has 3 rings (SSSR count). The average molecular weight is 462 g/mol. The lowest BCUT2D eigenvalue weighted by molar-refractivity contribution is -0.122. The largest absolute Gasteiger partial charge is 0.449 e. The Morgan fingerprint density at radius 3 is 2.52 bits per heavy atom. The Bertz CT molecular complexity index is 813. The molecular formula is C25H43N5O3. The fraction of sp³-hybridized carbons (Fsp3) is 0.840. The van der Waals surface area contributed by atoms with E-state index in [2.05, 4.69) is 67.2 Å². The molecule has 1 aromatic rings. The molecule has 1 aromatic heterocycles. The normalized spacial score (nSPS) is 23.1. The molecule has 0 aliphatic heterocycles. The van der Waals surface area contributed by atoms with Crippen LogP contribution in [0.1, 0.15) is 85.0 Å².